The van der Waals surface area contributed by atoms with Crippen LogP contribution in [-0.2, 0) is 14.3 Å². The fourth-order valence-corrected chi connectivity index (χ4v) is 3.51. The zero-order valence-corrected chi connectivity index (χ0v) is 13.0. The summed E-state index contributed by atoms with van der Waals surface area (Å²) in [6.07, 6.45) is 2.16. The summed E-state index contributed by atoms with van der Waals surface area (Å²) in [4.78, 5) is 2.59. The average Bonchev–Trinajstić information content (AvgIpc) is 2.46. The van der Waals surface area contributed by atoms with Gasteiger partial charge >= 0.3 is 0 Å². The molecule has 112 valence electrons. The number of piperidine rings is 1. The van der Waals surface area contributed by atoms with E-state index in [4.69, 9.17) is 4.18 Å². The molecule has 1 aromatic carbocycles. The molecule has 0 radical (unpaired) electrons. The SMILES string of the molecule is CCN1CCCC(COS(=O)(=O)c2ccc(C)cc2)C1. The molecule has 1 unspecified atom stereocenters. The van der Waals surface area contributed by atoms with E-state index in [1.54, 1.807) is 24.3 Å². The van der Waals surface area contributed by atoms with E-state index >= 15 is 0 Å². The fourth-order valence-electron chi connectivity index (χ4n) is 2.53. The zero-order chi connectivity index (χ0) is 14.6. The van der Waals surface area contributed by atoms with E-state index in [0.29, 0.717) is 5.92 Å². The summed E-state index contributed by atoms with van der Waals surface area (Å²) in [5, 5.41) is 0. The Labute approximate surface area is 121 Å². The van der Waals surface area contributed by atoms with Crippen molar-refractivity contribution >= 4 is 10.1 Å². The summed E-state index contributed by atoms with van der Waals surface area (Å²) in [6, 6.07) is 6.78. The largest absolute Gasteiger partial charge is 0.303 e. The van der Waals surface area contributed by atoms with Crippen LogP contribution in [0.15, 0.2) is 29.2 Å². The van der Waals surface area contributed by atoms with E-state index in [-0.39, 0.29) is 11.5 Å². The van der Waals surface area contributed by atoms with Crippen LogP contribution in [-0.4, -0.2) is 39.6 Å². The smallest absolute Gasteiger partial charge is 0.296 e. The van der Waals surface area contributed by atoms with Crippen LogP contribution < -0.4 is 0 Å². The van der Waals surface area contributed by atoms with E-state index in [9.17, 15) is 8.42 Å². The van der Waals surface area contributed by atoms with Gasteiger partial charge in [0.25, 0.3) is 10.1 Å². The number of hydrogen-bond donors (Lipinski definition) is 0. The molecule has 1 fully saturated rings. The molecule has 0 saturated carbocycles. The predicted molar refractivity (Wildman–Crippen MR) is 79.2 cm³/mol. The second-order valence-electron chi connectivity index (χ2n) is 5.45. The molecule has 5 heteroatoms. The number of likely N-dealkylation sites (tertiary alicyclic amines) is 1. The van der Waals surface area contributed by atoms with Gasteiger partial charge in [0, 0.05) is 6.54 Å². The molecular weight excluding hydrogens is 274 g/mol. The van der Waals surface area contributed by atoms with Crippen molar-refractivity contribution in [1.29, 1.82) is 0 Å². The summed E-state index contributed by atoms with van der Waals surface area (Å²) in [6.45, 7) is 7.40. The molecular formula is C15H23NO3S. The van der Waals surface area contributed by atoms with Crippen LogP contribution >= 0.6 is 0 Å². The van der Waals surface area contributed by atoms with Crippen molar-refractivity contribution in [3.63, 3.8) is 0 Å². The first-order valence-electron chi connectivity index (χ1n) is 7.19. The number of nitrogens with zero attached hydrogens (tertiary/aromatic N) is 1. The normalized spacial score (nSPS) is 21.0. The molecule has 0 N–H and O–H groups in total. The molecule has 1 aliphatic heterocycles. The molecule has 20 heavy (non-hydrogen) atoms. The number of rotatable bonds is 5. The third kappa shape index (κ3) is 4.04. The molecule has 1 saturated heterocycles. The van der Waals surface area contributed by atoms with Crippen molar-refractivity contribution < 1.29 is 12.6 Å². The molecule has 1 aromatic rings. The lowest BCUT2D eigenvalue weighted by Gasteiger charge is -2.31. The lowest BCUT2D eigenvalue weighted by Crippen LogP contribution is -2.37. The summed E-state index contributed by atoms with van der Waals surface area (Å²) in [5.41, 5.74) is 1.04. The molecule has 0 aliphatic carbocycles. The van der Waals surface area contributed by atoms with Gasteiger partial charge in [-0.1, -0.05) is 24.6 Å². The highest BCUT2D eigenvalue weighted by atomic mass is 32.2. The topological polar surface area (TPSA) is 46.6 Å². The second-order valence-corrected chi connectivity index (χ2v) is 7.07. The summed E-state index contributed by atoms with van der Waals surface area (Å²) in [5.74, 6) is 0.309. The van der Waals surface area contributed by atoms with Gasteiger partial charge in [-0.3, -0.25) is 4.18 Å². The highest BCUT2D eigenvalue weighted by Crippen LogP contribution is 2.19. The van der Waals surface area contributed by atoms with Crippen molar-refractivity contribution in [3.05, 3.63) is 29.8 Å². The first-order chi connectivity index (χ1) is 9.51. The maximum absolute atomic E-state index is 12.1. The Morgan fingerprint density at radius 2 is 2.00 bits per heavy atom. The lowest BCUT2D eigenvalue weighted by molar-refractivity contribution is 0.137. The highest BCUT2D eigenvalue weighted by Gasteiger charge is 2.22. The number of aryl methyl sites for hydroxylation is 1. The summed E-state index contributed by atoms with van der Waals surface area (Å²) in [7, 11) is -3.62. The van der Waals surface area contributed by atoms with E-state index in [2.05, 4.69) is 11.8 Å². The zero-order valence-electron chi connectivity index (χ0n) is 12.2. The molecule has 2 rings (SSSR count). The minimum Gasteiger partial charge on any atom is -0.303 e. The van der Waals surface area contributed by atoms with E-state index < -0.39 is 10.1 Å². The van der Waals surface area contributed by atoms with Gasteiger partial charge < -0.3 is 4.90 Å². The van der Waals surface area contributed by atoms with Crippen molar-refractivity contribution in [2.75, 3.05) is 26.2 Å². The van der Waals surface area contributed by atoms with E-state index in [0.717, 1.165) is 38.0 Å². The van der Waals surface area contributed by atoms with E-state index in [1.165, 1.54) is 0 Å². The first kappa shape index (κ1) is 15.5. The summed E-state index contributed by atoms with van der Waals surface area (Å²) < 4.78 is 29.4. The Balaban J connectivity index is 1.94. The Morgan fingerprint density at radius 1 is 1.30 bits per heavy atom. The van der Waals surface area contributed by atoms with Crippen LogP contribution in [0.3, 0.4) is 0 Å². The van der Waals surface area contributed by atoms with Gasteiger partial charge in [0.2, 0.25) is 0 Å². The van der Waals surface area contributed by atoms with Crippen LogP contribution in [0.1, 0.15) is 25.3 Å². The van der Waals surface area contributed by atoms with Crippen molar-refractivity contribution in [1.82, 2.24) is 4.90 Å². The third-order valence-electron chi connectivity index (χ3n) is 3.82. The summed E-state index contributed by atoms with van der Waals surface area (Å²) >= 11 is 0. The van der Waals surface area contributed by atoms with Gasteiger partial charge in [-0.2, -0.15) is 8.42 Å². The van der Waals surface area contributed by atoms with Gasteiger partial charge in [0.15, 0.2) is 0 Å². The van der Waals surface area contributed by atoms with Crippen LogP contribution in [0, 0.1) is 12.8 Å². The molecule has 0 amide bonds. The van der Waals surface area contributed by atoms with Gasteiger partial charge in [0.05, 0.1) is 11.5 Å². The van der Waals surface area contributed by atoms with Crippen LogP contribution in [0.4, 0.5) is 0 Å². The van der Waals surface area contributed by atoms with Crippen LogP contribution in [0.5, 0.6) is 0 Å². The molecule has 0 bridgehead atoms. The number of benzene rings is 1. The minimum atomic E-state index is -3.62. The van der Waals surface area contributed by atoms with Crippen molar-refractivity contribution in [2.45, 2.75) is 31.6 Å². The van der Waals surface area contributed by atoms with Gasteiger partial charge in [0.1, 0.15) is 0 Å². The first-order valence-corrected chi connectivity index (χ1v) is 8.60. The quantitative estimate of drug-likeness (QED) is 0.783. The molecule has 1 heterocycles. The fraction of sp³-hybridized carbons (Fsp3) is 0.600. The highest BCUT2D eigenvalue weighted by molar-refractivity contribution is 7.86. The molecule has 4 nitrogen and oxygen atoms in total. The van der Waals surface area contributed by atoms with Crippen LogP contribution in [0.2, 0.25) is 0 Å². The van der Waals surface area contributed by atoms with Gasteiger partial charge in [-0.05, 0) is 50.9 Å². The molecule has 1 atom stereocenters. The third-order valence-corrected chi connectivity index (χ3v) is 5.11. The van der Waals surface area contributed by atoms with Gasteiger partial charge in [-0.25, -0.2) is 0 Å². The predicted octanol–water partition coefficient (Wildman–Crippen LogP) is 2.43. The maximum atomic E-state index is 12.1. The second kappa shape index (κ2) is 6.70. The van der Waals surface area contributed by atoms with Gasteiger partial charge in [-0.15, -0.1) is 0 Å². The van der Waals surface area contributed by atoms with Crippen molar-refractivity contribution in [3.8, 4) is 0 Å². The Morgan fingerprint density at radius 3 is 2.65 bits per heavy atom. The molecule has 0 spiro atoms. The monoisotopic (exact) mass is 297 g/mol. The Bertz CT molecular complexity index is 525. The number of hydrogen-bond acceptors (Lipinski definition) is 4. The lowest BCUT2D eigenvalue weighted by atomic mass is 9.99. The van der Waals surface area contributed by atoms with E-state index in [1.807, 2.05) is 6.92 Å². The Kier molecular flexibility index (Phi) is 5.18. The minimum absolute atomic E-state index is 0.242. The molecule has 1 aliphatic rings. The maximum Gasteiger partial charge on any atom is 0.296 e. The standard InChI is InChI=1S/C15H23NO3S/c1-3-16-10-4-5-14(11-16)12-19-20(17,18)15-8-6-13(2)7-9-15/h6-9,14H,3-5,10-12H2,1-2H3. The van der Waals surface area contributed by atoms with Crippen LogP contribution in [0.25, 0.3) is 0 Å². The van der Waals surface area contributed by atoms with Crippen molar-refractivity contribution in [2.24, 2.45) is 5.92 Å². The molecule has 0 aromatic heterocycles. The Hall–Kier alpha value is -0.910. The average molecular weight is 297 g/mol.